The highest BCUT2D eigenvalue weighted by Gasteiger charge is 2.30. The summed E-state index contributed by atoms with van der Waals surface area (Å²) in [5.74, 6) is 0.998. The van der Waals surface area contributed by atoms with Crippen molar-refractivity contribution in [1.82, 2.24) is 15.1 Å². The highest BCUT2D eigenvalue weighted by Crippen LogP contribution is 2.27. The van der Waals surface area contributed by atoms with Gasteiger partial charge < -0.3 is 14.5 Å². The van der Waals surface area contributed by atoms with E-state index in [1.807, 2.05) is 29.2 Å². The van der Waals surface area contributed by atoms with E-state index in [-0.39, 0.29) is 12.0 Å². The van der Waals surface area contributed by atoms with Crippen molar-refractivity contribution >= 4 is 22.5 Å². The summed E-state index contributed by atoms with van der Waals surface area (Å²) < 4.78 is 5.54. The number of aromatic nitrogens is 2. The lowest BCUT2D eigenvalue weighted by atomic mass is 10.0. The Balaban J connectivity index is 1.28. The molecule has 0 spiro atoms. The van der Waals surface area contributed by atoms with Crippen LogP contribution in [0.15, 0.2) is 54.6 Å². The number of anilines is 1. The Labute approximate surface area is 170 Å². The lowest BCUT2D eigenvalue weighted by Crippen LogP contribution is -2.51. The molecule has 0 N–H and O–H groups in total. The van der Waals surface area contributed by atoms with Crippen molar-refractivity contribution < 1.29 is 9.53 Å². The summed E-state index contributed by atoms with van der Waals surface area (Å²) in [5, 5.41) is 11.4. The minimum atomic E-state index is -0.235. The number of ether oxygens (including phenoxy) is 1. The standard InChI is InChI=1S/C23H24N4O2/c28-23(21-9-4-16-29-21)27-14-12-26(13-15-27)22-11-10-20(24-25-22)19-8-3-6-17-5-1-2-7-18(17)19/h1-3,5-8,10-11,21H,4,9,12-16H2. The molecular weight excluding hydrogens is 364 g/mol. The first-order valence-electron chi connectivity index (χ1n) is 10.3. The van der Waals surface area contributed by atoms with E-state index in [9.17, 15) is 4.79 Å². The van der Waals surface area contributed by atoms with Gasteiger partial charge in [-0.05, 0) is 35.7 Å². The fourth-order valence-electron chi connectivity index (χ4n) is 4.22. The number of amides is 1. The number of hydrogen-bond donors (Lipinski definition) is 0. The van der Waals surface area contributed by atoms with E-state index in [0.717, 1.165) is 43.0 Å². The first-order chi connectivity index (χ1) is 14.3. The van der Waals surface area contributed by atoms with Gasteiger partial charge in [0.05, 0.1) is 5.69 Å². The number of nitrogens with zero attached hydrogens (tertiary/aromatic N) is 4. The van der Waals surface area contributed by atoms with E-state index in [0.29, 0.717) is 19.7 Å². The second-order valence-corrected chi connectivity index (χ2v) is 7.62. The molecule has 0 bridgehead atoms. The number of carbonyl (C=O) groups excluding carboxylic acids is 1. The van der Waals surface area contributed by atoms with Crippen molar-refractivity contribution in [2.75, 3.05) is 37.7 Å². The zero-order chi connectivity index (χ0) is 19.6. The van der Waals surface area contributed by atoms with Crippen LogP contribution in [0.5, 0.6) is 0 Å². The molecule has 29 heavy (non-hydrogen) atoms. The van der Waals surface area contributed by atoms with E-state index >= 15 is 0 Å². The predicted molar refractivity (Wildman–Crippen MR) is 113 cm³/mol. The van der Waals surface area contributed by atoms with E-state index in [4.69, 9.17) is 4.74 Å². The Bertz CT molecular complexity index is 1000. The van der Waals surface area contributed by atoms with Gasteiger partial charge in [-0.15, -0.1) is 10.2 Å². The molecule has 0 radical (unpaired) electrons. The number of rotatable bonds is 3. The first-order valence-corrected chi connectivity index (χ1v) is 10.3. The summed E-state index contributed by atoms with van der Waals surface area (Å²) in [6.07, 6.45) is 1.59. The quantitative estimate of drug-likeness (QED) is 0.690. The summed E-state index contributed by atoms with van der Waals surface area (Å²) in [7, 11) is 0. The highest BCUT2D eigenvalue weighted by atomic mass is 16.5. The van der Waals surface area contributed by atoms with Crippen LogP contribution >= 0.6 is 0 Å². The molecule has 2 fully saturated rings. The zero-order valence-electron chi connectivity index (χ0n) is 16.3. The molecule has 2 aliphatic heterocycles. The molecule has 2 aromatic carbocycles. The van der Waals surface area contributed by atoms with Crippen LogP contribution in [-0.2, 0) is 9.53 Å². The maximum Gasteiger partial charge on any atom is 0.251 e. The molecule has 6 heteroatoms. The van der Waals surface area contributed by atoms with Crippen LogP contribution in [0, 0.1) is 0 Å². The van der Waals surface area contributed by atoms with Gasteiger partial charge >= 0.3 is 0 Å². The molecule has 1 atom stereocenters. The summed E-state index contributed by atoms with van der Waals surface area (Å²) in [4.78, 5) is 16.6. The third-order valence-corrected chi connectivity index (χ3v) is 5.84. The first kappa shape index (κ1) is 18.1. The number of benzene rings is 2. The summed E-state index contributed by atoms with van der Waals surface area (Å²) in [5.41, 5.74) is 1.96. The van der Waals surface area contributed by atoms with E-state index in [2.05, 4.69) is 45.4 Å². The van der Waals surface area contributed by atoms with Crippen molar-refractivity contribution in [1.29, 1.82) is 0 Å². The van der Waals surface area contributed by atoms with Crippen molar-refractivity contribution in [2.24, 2.45) is 0 Å². The fraction of sp³-hybridized carbons (Fsp3) is 0.348. The molecule has 1 aromatic heterocycles. The van der Waals surface area contributed by atoms with Gasteiger partial charge in [-0.1, -0.05) is 42.5 Å². The minimum Gasteiger partial charge on any atom is -0.368 e. The largest absolute Gasteiger partial charge is 0.368 e. The maximum absolute atomic E-state index is 12.5. The predicted octanol–water partition coefficient (Wildman–Crippen LogP) is 3.12. The molecule has 1 amide bonds. The minimum absolute atomic E-state index is 0.138. The van der Waals surface area contributed by atoms with Crippen LogP contribution in [0.3, 0.4) is 0 Å². The number of hydrogen-bond acceptors (Lipinski definition) is 5. The zero-order valence-corrected chi connectivity index (χ0v) is 16.3. The molecule has 0 saturated carbocycles. The second-order valence-electron chi connectivity index (χ2n) is 7.62. The second kappa shape index (κ2) is 7.79. The van der Waals surface area contributed by atoms with Gasteiger partial charge in [-0.3, -0.25) is 4.79 Å². The lowest BCUT2D eigenvalue weighted by Gasteiger charge is -2.36. The van der Waals surface area contributed by atoms with Gasteiger partial charge in [0.2, 0.25) is 0 Å². The summed E-state index contributed by atoms with van der Waals surface area (Å²) >= 11 is 0. The Kier molecular flexibility index (Phi) is 4.86. The van der Waals surface area contributed by atoms with Crippen LogP contribution in [0.25, 0.3) is 22.0 Å². The molecule has 6 nitrogen and oxygen atoms in total. The molecule has 5 rings (SSSR count). The van der Waals surface area contributed by atoms with Gasteiger partial charge in [0.1, 0.15) is 6.10 Å². The molecule has 148 valence electrons. The molecule has 2 saturated heterocycles. The van der Waals surface area contributed by atoms with E-state index in [1.165, 1.54) is 10.8 Å². The third-order valence-electron chi connectivity index (χ3n) is 5.84. The maximum atomic E-state index is 12.5. The molecule has 2 aliphatic rings. The molecule has 0 aliphatic carbocycles. The molecule has 1 unspecified atom stereocenters. The molecule has 3 heterocycles. The fourth-order valence-corrected chi connectivity index (χ4v) is 4.22. The summed E-state index contributed by atoms with van der Waals surface area (Å²) in [6.45, 7) is 3.63. The lowest BCUT2D eigenvalue weighted by molar-refractivity contribution is -0.141. The van der Waals surface area contributed by atoms with Crippen LogP contribution in [0.4, 0.5) is 5.82 Å². The summed E-state index contributed by atoms with van der Waals surface area (Å²) in [6, 6.07) is 18.6. The van der Waals surface area contributed by atoms with Crippen molar-refractivity contribution in [3.05, 3.63) is 54.6 Å². The van der Waals surface area contributed by atoms with Crippen LogP contribution in [0.2, 0.25) is 0 Å². The smallest absolute Gasteiger partial charge is 0.251 e. The van der Waals surface area contributed by atoms with Gasteiger partial charge in [0, 0.05) is 38.3 Å². The van der Waals surface area contributed by atoms with Gasteiger partial charge in [-0.2, -0.15) is 0 Å². The Hall–Kier alpha value is -2.99. The van der Waals surface area contributed by atoms with Gasteiger partial charge in [0.25, 0.3) is 5.91 Å². The third kappa shape index (κ3) is 3.56. The van der Waals surface area contributed by atoms with Crippen LogP contribution in [0.1, 0.15) is 12.8 Å². The van der Waals surface area contributed by atoms with Crippen molar-refractivity contribution in [3.8, 4) is 11.3 Å². The number of carbonyl (C=O) groups is 1. The Morgan fingerprint density at radius 1 is 0.931 bits per heavy atom. The molecular formula is C23H24N4O2. The molecule has 3 aromatic rings. The topological polar surface area (TPSA) is 58.6 Å². The Morgan fingerprint density at radius 3 is 2.52 bits per heavy atom. The van der Waals surface area contributed by atoms with Gasteiger partial charge in [-0.25, -0.2) is 0 Å². The normalized spacial score (nSPS) is 19.7. The van der Waals surface area contributed by atoms with Crippen molar-refractivity contribution in [3.63, 3.8) is 0 Å². The van der Waals surface area contributed by atoms with E-state index in [1.54, 1.807) is 0 Å². The average molecular weight is 388 g/mol. The van der Waals surface area contributed by atoms with Crippen molar-refractivity contribution in [2.45, 2.75) is 18.9 Å². The van der Waals surface area contributed by atoms with E-state index < -0.39 is 0 Å². The number of fused-ring (bicyclic) bond motifs is 1. The van der Waals surface area contributed by atoms with Gasteiger partial charge in [0.15, 0.2) is 5.82 Å². The van der Waals surface area contributed by atoms with Crippen LogP contribution < -0.4 is 4.90 Å². The van der Waals surface area contributed by atoms with Crippen LogP contribution in [-0.4, -0.2) is 59.9 Å². The number of piperazine rings is 1. The highest BCUT2D eigenvalue weighted by molar-refractivity contribution is 5.95. The Morgan fingerprint density at radius 2 is 1.76 bits per heavy atom. The SMILES string of the molecule is O=C(C1CCCO1)N1CCN(c2ccc(-c3cccc4ccccc34)nn2)CC1. The monoisotopic (exact) mass is 388 g/mol. The average Bonchev–Trinajstić information content (AvgIpc) is 3.33.